The van der Waals surface area contributed by atoms with Crippen molar-refractivity contribution in [3.63, 3.8) is 0 Å². The molecule has 1 atom stereocenters. The van der Waals surface area contributed by atoms with Crippen molar-refractivity contribution >= 4 is 22.6 Å². The predicted octanol–water partition coefficient (Wildman–Crippen LogP) is 2.66. The Morgan fingerprint density at radius 3 is 2.42 bits per heavy atom. The molecule has 0 radical (unpaired) electrons. The molecule has 0 aliphatic carbocycles. The van der Waals surface area contributed by atoms with Crippen LogP contribution in [0.15, 0.2) is 66.9 Å². The summed E-state index contributed by atoms with van der Waals surface area (Å²) in [6, 6.07) is 18.4. The molecule has 0 aliphatic heterocycles. The lowest BCUT2D eigenvalue weighted by molar-refractivity contribution is -0.130. The molecule has 0 unspecified atom stereocenters. The van der Waals surface area contributed by atoms with Crippen molar-refractivity contribution in [2.24, 2.45) is 0 Å². The van der Waals surface area contributed by atoms with Crippen molar-refractivity contribution in [3.8, 4) is 0 Å². The van der Waals surface area contributed by atoms with E-state index in [0.29, 0.717) is 12.1 Å². The van der Waals surface area contributed by atoms with Crippen LogP contribution in [0.2, 0.25) is 0 Å². The van der Waals surface area contributed by atoms with Gasteiger partial charge in [0.05, 0.1) is 0 Å². The first-order chi connectivity index (χ1) is 12.6. The van der Waals surface area contributed by atoms with Crippen LogP contribution in [0, 0.1) is 0 Å². The second kappa shape index (κ2) is 7.78. The van der Waals surface area contributed by atoms with E-state index in [9.17, 15) is 9.59 Å². The molecule has 132 valence electrons. The molecule has 1 heterocycles. The summed E-state index contributed by atoms with van der Waals surface area (Å²) in [6.45, 7) is 0. The van der Waals surface area contributed by atoms with Crippen LogP contribution in [0.1, 0.15) is 16.1 Å². The number of nitrogens with one attached hydrogen (secondary N) is 1. The summed E-state index contributed by atoms with van der Waals surface area (Å²) in [6.07, 6.45) is 2.03. The third-order valence-electron chi connectivity index (χ3n) is 4.22. The fourth-order valence-electron chi connectivity index (χ4n) is 2.89. The van der Waals surface area contributed by atoms with E-state index in [1.807, 2.05) is 60.7 Å². The number of fused-ring (bicyclic) bond motifs is 1. The third-order valence-corrected chi connectivity index (χ3v) is 4.22. The van der Waals surface area contributed by atoms with E-state index in [0.717, 1.165) is 16.3 Å². The number of amides is 2. The number of likely N-dealkylation sites (N-methyl/N-ethyl adjacent to an activating group) is 1. The van der Waals surface area contributed by atoms with Crippen molar-refractivity contribution in [1.29, 1.82) is 0 Å². The standard InChI is InChI=1S/C21H21N3O2/c1-24(2)21(26)18(14-15-8-4-3-5-9-15)23-20(25)19-17-11-7-6-10-16(17)12-13-22-19/h3-13,18H,14H2,1-2H3,(H,23,25)/t18-/m0/s1. The van der Waals surface area contributed by atoms with Crippen LogP contribution in [0.5, 0.6) is 0 Å². The smallest absolute Gasteiger partial charge is 0.271 e. The Morgan fingerprint density at radius 2 is 1.69 bits per heavy atom. The molecule has 2 aromatic carbocycles. The number of hydrogen-bond donors (Lipinski definition) is 1. The van der Waals surface area contributed by atoms with Gasteiger partial charge in [-0.1, -0.05) is 54.6 Å². The van der Waals surface area contributed by atoms with Crippen LogP contribution in [0.25, 0.3) is 10.8 Å². The fourth-order valence-corrected chi connectivity index (χ4v) is 2.89. The van der Waals surface area contributed by atoms with Crippen molar-refractivity contribution in [1.82, 2.24) is 15.2 Å². The average Bonchev–Trinajstić information content (AvgIpc) is 2.67. The minimum Gasteiger partial charge on any atom is -0.347 e. The molecule has 26 heavy (non-hydrogen) atoms. The molecule has 1 aromatic heterocycles. The number of carbonyl (C=O) groups is 2. The third kappa shape index (κ3) is 3.88. The molecule has 0 bridgehead atoms. The maximum absolute atomic E-state index is 12.8. The Labute approximate surface area is 152 Å². The van der Waals surface area contributed by atoms with Crippen LogP contribution >= 0.6 is 0 Å². The van der Waals surface area contributed by atoms with Gasteiger partial charge in [-0.3, -0.25) is 14.6 Å². The molecular weight excluding hydrogens is 326 g/mol. The summed E-state index contributed by atoms with van der Waals surface area (Å²) in [5.74, 6) is -0.500. The van der Waals surface area contributed by atoms with E-state index in [1.54, 1.807) is 20.3 Å². The van der Waals surface area contributed by atoms with Crippen LogP contribution in [0.4, 0.5) is 0 Å². The Morgan fingerprint density at radius 1 is 1.00 bits per heavy atom. The zero-order valence-electron chi connectivity index (χ0n) is 14.8. The van der Waals surface area contributed by atoms with E-state index < -0.39 is 6.04 Å². The number of carbonyl (C=O) groups excluding carboxylic acids is 2. The van der Waals surface area contributed by atoms with Gasteiger partial charge in [0.25, 0.3) is 5.91 Å². The van der Waals surface area contributed by atoms with E-state index in [2.05, 4.69) is 10.3 Å². The number of nitrogens with zero attached hydrogens (tertiary/aromatic N) is 2. The summed E-state index contributed by atoms with van der Waals surface area (Å²) in [5.41, 5.74) is 1.31. The van der Waals surface area contributed by atoms with Crippen molar-refractivity contribution < 1.29 is 9.59 Å². The molecule has 5 nitrogen and oxygen atoms in total. The van der Waals surface area contributed by atoms with Crippen molar-refractivity contribution in [2.45, 2.75) is 12.5 Å². The summed E-state index contributed by atoms with van der Waals surface area (Å²) >= 11 is 0. The van der Waals surface area contributed by atoms with Gasteiger partial charge in [-0.25, -0.2) is 0 Å². The number of benzene rings is 2. The van der Waals surface area contributed by atoms with Gasteiger partial charge in [0.1, 0.15) is 11.7 Å². The quantitative estimate of drug-likeness (QED) is 0.772. The van der Waals surface area contributed by atoms with E-state index in [4.69, 9.17) is 0 Å². The first-order valence-corrected chi connectivity index (χ1v) is 8.46. The lowest BCUT2D eigenvalue weighted by atomic mass is 10.0. The highest BCUT2D eigenvalue weighted by molar-refractivity contribution is 6.06. The van der Waals surface area contributed by atoms with Gasteiger partial charge in [0.2, 0.25) is 5.91 Å². The van der Waals surface area contributed by atoms with Gasteiger partial charge >= 0.3 is 0 Å². The van der Waals surface area contributed by atoms with Gasteiger partial charge in [0, 0.05) is 32.1 Å². The normalized spacial score (nSPS) is 11.8. The molecular formula is C21H21N3O2. The summed E-state index contributed by atoms with van der Waals surface area (Å²) in [5, 5.41) is 4.57. The maximum Gasteiger partial charge on any atom is 0.271 e. The zero-order valence-corrected chi connectivity index (χ0v) is 14.8. The summed E-state index contributed by atoms with van der Waals surface area (Å²) in [4.78, 5) is 31.1. The molecule has 0 saturated heterocycles. The van der Waals surface area contributed by atoms with Crippen LogP contribution in [-0.4, -0.2) is 41.8 Å². The molecule has 5 heteroatoms. The van der Waals surface area contributed by atoms with Gasteiger partial charge < -0.3 is 10.2 Å². The number of hydrogen-bond acceptors (Lipinski definition) is 3. The van der Waals surface area contributed by atoms with Gasteiger partial charge in [-0.15, -0.1) is 0 Å². The minimum atomic E-state index is -0.652. The average molecular weight is 347 g/mol. The topological polar surface area (TPSA) is 62.3 Å². The highest BCUT2D eigenvalue weighted by Gasteiger charge is 2.24. The molecule has 3 aromatic rings. The second-order valence-electron chi connectivity index (χ2n) is 6.33. The highest BCUT2D eigenvalue weighted by atomic mass is 16.2. The Kier molecular flexibility index (Phi) is 5.27. The summed E-state index contributed by atoms with van der Waals surface area (Å²) < 4.78 is 0. The SMILES string of the molecule is CN(C)C(=O)[C@H](Cc1ccccc1)NC(=O)c1nccc2ccccc12. The van der Waals surface area contributed by atoms with E-state index >= 15 is 0 Å². The van der Waals surface area contributed by atoms with Crippen LogP contribution < -0.4 is 5.32 Å². The second-order valence-corrected chi connectivity index (χ2v) is 6.33. The molecule has 1 N–H and O–H groups in total. The monoisotopic (exact) mass is 347 g/mol. The highest BCUT2D eigenvalue weighted by Crippen LogP contribution is 2.16. The number of rotatable bonds is 5. The summed E-state index contributed by atoms with van der Waals surface area (Å²) in [7, 11) is 3.37. The van der Waals surface area contributed by atoms with Crippen LogP contribution in [0.3, 0.4) is 0 Å². The maximum atomic E-state index is 12.8. The molecule has 0 aliphatic rings. The first kappa shape index (κ1) is 17.6. The minimum absolute atomic E-state index is 0.151. The van der Waals surface area contributed by atoms with Crippen molar-refractivity contribution in [2.75, 3.05) is 14.1 Å². The largest absolute Gasteiger partial charge is 0.347 e. The van der Waals surface area contributed by atoms with E-state index in [-0.39, 0.29) is 11.8 Å². The predicted molar refractivity (Wildman–Crippen MR) is 102 cm³/mol. The Balaban J connectivity index is 1.88. The lowest BCUT2D eigenvalue weighted by Gasteiger charge is -2.22. The van der Waals surface area contributed by atoms with Gasteiger partial charge in [-0.05, 0) is 17.0 Å². The fraction of sp³-hybridized carbons (Fsp3) is 0.190. The molecule has 0 spiro atoms. The van der Waals surface area contributed by atoms with Crippen LogP contribution in [-0.2, 0) is 11.2 Å². The first-order valence-electron chi connectivity index (χ1n) is 8.46. The number of aromatic nitrogens is 1. The molecule has 0 fully saturated rings. The van der Waals surface area contributed by atoms with Crippen molar-refractivity contribution in [3.05, 3.63) is 78.1 Å². The molecule has 2 amide bonds. The zero-order chi connectivity index (χ0) is 18.5. The van der Waals surface area contributed by atoms with E-state index in [1.165, 1.54) is 4.90 Å². The molecule has 3 rings (SSSR count). The Hall–Kier alpha value is -3.21. The van der Waals surface area contributed by atoms with Gasteiger partial charge in [0.15, 0.2) is 0 Å². The molecule has 0 saturated carbocycles. The number of pyridine rings is 1. The lowest BCUT2D eigenvalue weighted by Crippen LogP contribution is -2.47. The van der Waals surface area contributed by atoms with Gasteiger partial charge in [-0.2, -0.15) is 0 Å². The Bertz CT molecular complexity index is 917.